The molecule has 0 aromatic heterocycles. The number of allylic oxidation sites excluding steroid dienone is 1. The fraction of sp³-hybridized carbons (Fsp3) is 0.100. The Morgan fingerprint density at radius 3 is 2.64 bits per heavy atom. The Morgan fingerprint density at radius 2 is 1.82 bits per heavy atom. The molecular weight excluding hydrogens is 336 g/mol. The Hall–Kier alpha value is -2.06. The fourth-order valence-electron chi connectivity index (χ4n) is 3.17. The van der Waals surface area contributed by atoms with Crippen molar-refractivity contribution < 1.29 is 4.74 Å². The predicted octanol–water partition coefficient (Wildman–Crippen LogP) is 5.83. The highest BCUT2D eigenvalue weighted by Crippen LogP contribution is 2.41. The average molecular weight is 351 g/mol. The molecule has 0 saturated heterocycles. The van der Waals surface area contributed by atoms with Gasteiger partial charge >= 0.3 is 0 Å². The summed E-state index contributed by atoms with van der Waals surface area (Å²) in [5, 5.41) is 2.49. The minimum Gasteiger partial charge on any atom is -0.461 e. The van der Waals surface area contributed by atoms with Crippen molar-refractivity contribution in [1.29, 1.82) is 0 Å². The van der Waals surface area contributed by atoms with Crippen LogP contribution in [0.3, 0.4) is 0 Å². The molecule has 0 N–H and O–H groups in total. The molecule has 3 aromatic rings. The van der Waals surface area contributed by atoms with Gasteiger partial charge in [-0.05, 0) is 41.0 Å². The van der Waals surface area contributed by atoms with Crippen molar-refractivity contribution in [3.05, 3.63) is 88.6 Å². The number of benzene rings is 3. The smallest absolute Gasteiger partial charge is 0.130 e. The Bertz CT molecular complexity index is 868. The monoisotopic (exact) mass is 350 g/mol. The van der Waals surface area contributed by atoms with Crippen LogP contribution in [0, 0.1) is 0 Å². The van der Waals surface area contributed by atoms with Gasteiger partial charge in [-0.25, -0.2) is 0 Å². The zero-order valence-corrected chi connectivity index (χ0v) is 13.6. The number of hydrogen-bond donors (Lipinski definition) is 0. The van der Waals surface area contributed by atoms with E-state index in [2.05, 4.69) is 77.1 Å². The van der Waals surface area contributed by atoms with Crippen molar-refractivity contribution in [2.24, 2.45) is 0 Å². The number of halogens is 1. The predicted molar refractivity (Wildman–Crippen MR) is 94.3 cm³/mol. The lowest BCUT2D eigenvalue weighted by molar-refractivity contribution is 0.358. The van der Waals surface area contributed by atoms with Crippen LogP contribution < -0.4 is 4.74 Å². The first-order valence-corrected chi connectivity index (χ1v) is 8.14. The number of ether oxygens (including phenoxy) is 1. The van der Waals surface area contributed by atoms with Crippen molar-refractivity contribution in [1.82, 2.24) is 0 Å². The Labute approximate surface area is 138 Å². The Balaban J connectivity index is 1.85. The van der Waals surface area contributed by atoms with E-state index in [0.29, 0.717) is 0 Å². The van der Waals surface area contributed by atoms with Gasteiger partial charge in [0, 0.05) is 16.0 Å². The molecule has 0 radical (unpaired) electrons. The van der Waals surface area contributed by atoms with Crippen LogP contribution in [0.5, 0.6) is 5.75 Å². The molecule has 3 aromatic carbocycles. The SMILES string of the molecule is C=C1Oc2ccc3cc(Br)ccc3c2CC1c1ccccc1. The maximum Gasteiger partial charge on any atom is 0.130 e. The lowest BCUT2D eigenvalue weighted by Gasteiger charge is -2.28. The molecule has 1 aliphatic rings. The Kier molecular flexibility index (Phi) is 3.27. The molecule has 1 aliphatic heterocycles. The molecule has 1 nitrogen and oxygen atoms in total. The molecule has 0 aliphatic carbocycles. The van der Waals surface area contributed by atoms with Crippen LogP contribution in [0.15, 0.2) is 77.5 Å². The maximum atomic E-state index is 6.03. The second-order valence-electron chi connectivity index (χ2n) is 5.64. The molecule has 22 heavy (non-hydrogen) atoms. The van der Waals surface area contributed by atoms with Gasteiger partial charge in [-0.3, -0.25) is 0 Å². The van der Waals surface area contributed by atoms with Gasteiger partial charge in [-0.15, -0.1) is 0 Å². The molecule has 4 rings (SSSR count). The second-order valence-corrected chi connectivity index (χ2v) is 6.56. The van der Waals surface area contributed by atoms with E-state index in [1.807, 2.05) is 6.07 Å². The van der Waals surface area contributed by atoms with Crippen LogP contribution >= 0.6 is 15.9 Å². The van der Waals surface area contributed by atoms with E-state index >= 15 is 0 Å². The molecule has 0 amide bonds. The van der Waals surface area contributed by atoms with Crippen molar-refractivity contribution in [2.45, 2.75) is 12.3 Å². The third-order valence-corrected chi connectivity index (χ3v) is 4.78. The van der Waals surface area contributed by atoms with Crippen LogP contribution in [0.4, 0.5) is 0 Å². The lowest BCUT2D eigenvalue weighted by atomic mass is 9.86. The van der Waals surface area contributed by atoms with Gasteiger partial charge in [-0.1, -0.05) is 65.0 Å². The van der Waals surface area contributed by atoms with E-state index in [1.165, 1.54) is 21.9 Å². The van der Waals surface area contributed by atoms with Gasteiger partial charge in [0.1, 0.15) is 11.5 Å². The molecule has 1 heterocycles. The van der Waals surface area contributed by atoms with Gasteiger partial charge in [-0.2, -0.15) is 0 Å². The first kappa shape index (κ1) is 13.6. The van der Waals surface area contributed by atoms with Gasteiger partial charge in [0.15, 0.2) is 0 Å². The van der Waals surface area contributed by atoms with Crippen LogP contribution in [0.25, 0.3) is 10.8 Å². The number of fused-ring (bicyclic) bond motifs is 3. The van der Waals surface area contributed by atoms with E-state index in [9.17, 15) is 0 Å². The van der Waals surface area contributed by atoms with E-state index in [0.717, 1.165) is 22.4 Å². The summed E-state index contributed by atoms with van der Waals surface area (Å²) in [4.78, 5) is 0. The molecule has 2 heteroatoms. The van der Waals surface area contributed by atoms with Crippen molar-refractivity contribution >= 4 is 26.7 Å². The third kappa shape index (κ3) is 2.24. The highest BCUT2D eigenvalue weighted by Gasteiger charge is 2.26. The second kappa shape index (κ2) is 5.29. The molecule has 1 unspecified atom stereocenters. The summed E-state index contributed by atoms with van der Waals surface area (Å²) in [5.41, 5.74) is 2.53. The summed E-state index contributed by atoms with van der Waals surface area (Å²) in [7, 11) is 0. The summed E-state index contributed by atoms with van der Waals surface area (Å²) in [5.74, 6) is 1.98. The largest absolute Gasteiger partial charge is 0.461 e. The normalized spacial score (nSPS) is 17.1. The topological polar surface area (TPSA) is 9.23 Å². The molecule has 1 atom stereocenters. The Morgan fingerprint density at radius 1 is 1.00 bits per heavy atom. The molecular formula is C20H15BrO. The molecule has 0 saturated carbocycles. The first-order chi connectivity index (χ1) is 10.7. The van der Waals surface area contributed by atoms with Crippen LogP contribution in [0.2, 0.25) is 0 Å². The minimum atomic E-state index is 0.211. The number of rotatable bonds is 1. The third-order valence-electron chi connectivity index (χ3n) is 4.29. The van der Waals surface area contributed by atoms with E-state index in [-0.39, 0.29) is 5.92 Å². The molecule has 108 valence electrons. The van der Waals surface area contributed by atoms with Gasteiger partial charge in [0.25, 0.3) is 0 Å². The van der Waals surface area contributed by atoms with Gasteiger partial charge < -0.3 is 4.74 Å². The maximum absolute atomic E-state index is 6.03. The zero-order chi connectivity index (χ0) is 15.1. The number of hydrogen-bond acceptors (Lipinski definition) is 1. The zero-order valence-electron chi connectivity index (χ0n) is 12.1. The highest BCUT2D eigenvalue weighted by molar-refractivity contribution is 9.10. The van der Waals surface area contributed by atoms with E-state index in [1.54, 1.807) is 0 Å². The fourth-order valence-corrected chi connectivity index (χ4v) is 3.55. The quantitative estimate of drug-likeness (QED) is 0.536. The molecule has 0 bridgehead atoms. The average Bonchev–Trinajstić information content (AvgIpc) is 2.54. The summed E-state index contributed by atoms with van der Waals surface area (Å²) >= 11 is 3.54. The summed E-state index contributed by atoms with van der Waals surface area (Å²) < 4.78 is 7.13. The summed E-state index contributed by atoms with van der Waals surface area (Å²) in [6.07, 6.45) is 0.928. The van der Waals surface area contributed by atoms with Crippen molar-refractivity contribution in [3.8, 4) is 5.75 Å². The molecule has 0 fully saturated rings. The summed E-state index contributed by atoms with van der Waals surface area (Å²) in [6, 6.07) is 21.0. The minimum absolute atomic E-state index is 0.211. The van der Waals surface area contributed by atoms with Crippen molar-refractivity contribution in [3.63, 3.8) is 0 Å². The van der Waals surface area contributed by atoms with E-state index < -0.39 is 0 Å². The van der Waals surface area contributed by atoms with E-state index in [4.69, 9.17) is 4.74 Å². The van der Waals surface area contributed by atoms with Crippen LogP contribution in [0.1, 0.15) is 17.0 Å². The van der Waals surface area contributed by atoms with Gasteiger partial charge in [0.05, 0.1) is 0 Å². The van der Waals surface area contributed by atoms with Crippen molar-refractivity contribution in [2.75, 3.05) is 0 Å². The summed E-state index contributed by atoms with van der Waals surface area (Å²) in [6.45, 7) is 4.14. The highest BCUT2D eigenvalue weighted by atomic mass is 79.9. The van der Waals surface area contributed by atoms with Gasteiger partial charge in [0.2, 0.25) is 0 Å². The standard InChI is InChI=1S/C20H15BrO/c1-13-18(14-5-3-2-4-6-14)12-19-17-9-8-16(21)11-15(17)7-10-20(19)22-13/h2-11,18H,1,12H2. The molecule has 0 spiro atoms. The van der Waals surface area contributed by atoms with Crippen LogP contribution in [-0.4, -0.2) is 0 Å². The first-order valence-electron chi connectivity index (χ1n) is 7.35. The lowest BCUT2D eigenvalue weighted by Crippen LogP contribution is -2.16. The van der Waals surface area contributed by atoms with Crippen LogP contribution in [-0.2, 0) is 6.42 Å².